The first kappa shape index (κ1) is 11.6. The lowest BCUT2D eigenvalue weighted by atomic mass is 9.91. The third-order valence-electron chi connectivity index (χ3n) is 3.72. The molecule has 0 amide bonds. The fourth-order valence-electron chi connectivity index (χ4n) is 2.80. The van der Waals surface area contributed by atoms with Crippen molar-refractivity contribution in [3.63, 3.8) is 0 Å². The number of ether oxygens (including phenoxy) is 1. The van der Waals surface area contributed by atoms with Crippen LogP contribution in [0.25, 0.3) is 11.0 Å². The zero-order chi connectivity index (χ0) is 12.5. The second-order valence-electron chi connectivity index (χ2n) is 5.04. The van der Waals surface area contributed by atoms with Crippen LogP contribution in [0.15, 0.2) is 22.6 Å². The Kier molecular flexibility index (Phi) is 3.00. The summed E-state index contributed by atoms with van der Waals surface area (Å²) in [7, 11) is 1.70. The van der Waals surface area contributed by atoms with Crippen molar-refractivity contribution in [1.82, 2.24) is 5.32 Å². The second-order valence-corrected chi connectivity index (χ2v) is 5.04. The molecule has 3 rings (SSSR count). The third kappa shape index (κ3) is 1.99. The van der Waals surface area contributed by atoms with E-state index in [4.69, 9.17) is 9.15 Å². The van der Waals surface area contributed by atoms with Gasteiger partial charge in [0.15, 0.2) is 11.3 Å². The molecule has 1 fully saturated rings. The van der Waals surface area contributed by atoms with Crippen molar-refractivity contribution in [2.24, 2.45) is 0 Å². The van der Waals surface area contributed by atoms with E-state index in [-0.39, 0.29) is 0 Å². The zero-order valence-corrected chi connectivity index (χ0v) is 11.0. The lowest BCUT2D eigenvalue weighted by Crippen LogP contribution is -2.28. The maximum atomic E-state index is 5.69. The average molecular weight is 245 g/mol. The number of aryl methyl sites for hydroxylation is 1. The molecular formula is C15H19NO2. The van der Waals surface area contributed by atoms with E-state index in [0.717, 1.165) is 35.6 Å². The van der Waals surface area contributed by atoms with Crippen LogP contribution in [0.2, 0.25) is 0 Å². The average Bonchev–Trinajstić information content (AvgIpc) is 2.78. The Labute approximate surface area is 107 Å². The van der Waals surface area contributed by atoms with Crippen molar-refractivity contribution in [2.45, 2.75) is 25.7 Å². The van der Waals surface area contributed by atoms with Crippen LogP contribution < -0.4 is 10.1 Å². The monoisotopic (exact) mass is 245 g/mol. The molecule has 2 aromatic rings. The maximum Gasteiger partial charge on any atom is 0.176 e. The van der Waals surface area contributed by atoms with Gasteiger partial charge in [0, 0.05) is 11.9 Å². The molecule has 18 heavy (non-hydrogen) atoms. The Balaban J connectivity index is 2.06. The molecule has 1 aromatic heterocycles. The van der Waals surface area contributed by atoms with Gasteiger partial charge in [0.25, 0.3) is 0 Å². The van der Waals surface area contributed by atoms with E-state index in [0.29, 0.717) is 5.92 Å². The fraction of sp³-hybridized carbons (Fsp3) is 0.467. The number of rotatable bonds is 2. The quantitative estimate of drug-likeness (QED) is 0.882. The first-order valence-electron chi connectivity index (χ1n) is 6.56. The highest BCUT2D eigenvalue weighted by atomic mass is 16.5. The van der Waals surface area contributed by atoms with E-state index < -0.39 is 0 Å². The summed E-state index contributed by atoms with van der Waals surface area (Å²) in [6, 6.07) is 6.45. The largest absolute Gasteiger partial charge is 0.493 e. The number of furan rings is 1. The van der Waals surface area contributed by atoms with E-state index in [1.54, 1.807) is 7.11 Å². The van der Waals surface area contributed by atoms with E-state index in [2.05, 4.69) is 23.5 Å². The van der Waals surface area contributed by atoms with Crippen LogP contribution in [0, 0.1) is 6.92 Å². The van der Waals surface area contributed by atoms with Gasteiger partial charge in [-0.3, -0.25) is 0 Å². The Bertz CT molecular complexity index is 553. The van der Waals surface area contributed by atoms with Gasteiger partial charge in [-0.25, -0.2) is 0 Å². The molecule has 2 heterocycles. The van der Waals surface area contributed by atoms with E-state index >= 15 is 0 Å². The molecule has 1 aromatic carbocycles. The number of fused-ring (bicyclic) bond motifs is 1. The standard InChI is InChI=1S/C15H19NO2/c1-10-6-13-7-12(11-4-3-5-16-9-11)8-14(17-2)15(13)18-10/h6-8,11,16H,3-5,9H2,1-2H3. The molecule has 1 saturated heterocycles. The molecule has 1 aliphatic heterocycles. The van der Waals surface area contributed by atoms with Gasteiger partial charge in [0.1, 0.15) is 5.76 Å². The predicted molar refractivity (Wildman–Crippen MR) is 72.3 cm³/mol. The summed E-state index contributed by atoms with van der Waals surface area (Å²) in [5.74, 6) is 2.37. The van der Waals surface area contributed by atoms with Gasteiger partial charge >= 0.3 is 0 Å². The normalized spacial score (nSPS) is 20.2. The summed E-state index contributed by atoms with van der Waals surface area (Å²) in [4.78, 5) is 0. The molecule has 1 N–H and O–H groups in total. The highest BCUT2D eigenvalue weighted by Gasteiger charge is 2.18. The van der Waals surface area contributed by atoms with E-state index in [1.165, 1.54) is 18.4 Å². The highest BCUT2D eigenvalue weighted by Crippen LogP contribution is 2.34. The second kappa shape index (κ2) is 4.65. The minimum absolute atomic E-state index is 0.590. The minimum Gasteiger partial charge on any atom is -0.493 e. The van der Waals surface area contributed by atoms with Crippen molar-refractivity contribution in [3.05, 3.63) is 29.5 Å². The highest BCUT2D eigenvalue weighted by molar-refractivity contribution is 5.84. The van der Waals surface area contributed by atoms with Crippen molar-refractivity contribution in [2.75, 3.05) is 20.2 Å². The molecule has 0 aliphatic carbocycles. The van der Waals surface area contributed by atoms with Gasteiger partial charge in [-0.1, -0.05) is 0 Å². The van der Waals surface area contributed by atoms with Crippen LogP contribution in [0.5, 0.6) is 5.75 Å². The van der Waals surface area contributed by atoms with Gasteiger partial charge in [0.2, 0.25) is 0 Å². The summed E-state index contributed by atoms with van der Waals surface area (Å²) in [5, 5.41) is 4.61. The Hall–Kier alpha value is -1.48. The summed E-state index contributed by atoms with van der Waals surface area (Å²) in [5.41, 5.74) is 2.22. The predicted octanol–water partition coefficient (Wildman–Crippen LogP) is 3.22. The number of hydrogen-bond acceptors (Lipinski definition) is 3. The molecular weight excluding hydrogens is 226 g/mol. The Morgan fingerprint density at radius 3 is 2.94 bits per heavy atom. The van der Waals surface area contributed by atoms with Crippen LogP contribution in [0.1, 0.15) is 30.1 Å². The molecule has 0 radical (unpaired) electrons. The number of hydrogen-bond donors (Lipinski definition) is 1. The van der Waals surface area contributed by atoms with Crippen LogP contribution >= 0.6 is 0 Å². The molecule has 1 aliphatic rings. The maximum absolute atomic E-state index is 5.69. The fourth-order valence-corrected chi connectivity index (χ4v) is 2.80. The summed E-state index contributed by atoms with van der Waals surface area (Å²) < 4.78 is 11.1. The van der Waals surface area contributed by atoms with Crippen molar-refractivity contribution < 1.29 is 9.15 Å². The van der Waals surface area contributed by atoms with Crippen molar-refractivity contribution in [1.29, 1.82) is 0 Å². The SMILES string of the molecule is COc1cc(C2CCCNC2)cc2cc(C)oc12. The lowest BCUT2D eigenvalue weighted by Gasteiger charge is -2.23. The molecule has 1 atom stereocenters. The lowest BCUT2D eigenvalue weighted by molar-refractivity contribution is 0.406. The molecule has 96 valence electrons. The van der Waals surface area contributed by atoms with Crippen LogP contribution in [-0.4, -0.2) is 20.2 Å². The number of nitrogens with one attached hydrogen (secondary N) is 1. The first-order valence-corrected chi connectivity index (χ1v) is 6.56. The molecule has 3 heteroatoms. The molecule has 1 unspecified atom stereocenters. The van der Waals surface area contributed by atoms with Gasteiger partial charge < -0.3 is 14.5 Å². The Morgan fingerprint density at radius 2 is 2.22 bits per heavy atom. The van der Waals surface area contributed by atoms with Gasteiger partial charge in [-0.15, -0.1) is 0 Å². The zero-order valence-electron chi connectivity index (χ0n) is 11.0. The van der Waals surface area contributed by atoms with Crippen LogP contribution in [0.4, 0.5) is 0 Å². The van der Waals surface area contributed by atoms with Crippen LogP contribution in [0.3, 0.4) is 0 Å². The molecule has 0 spiro atoms. The number of methoxy groups -OCH3 is 1. The molecule has 0 saturated carbocycles. The summed E-state index contributed by atoms with van der Waals surface area (Å²) in [6.07, 6.45) is 2.49. The summed E-state index contributed by atoms with van der Waals surface area (Å²) in [6.45, 7) is 4.17. The molecule has 0 bridgehead atoms. The third-order valence-corrected chi connectivity index (χ3v) is 3.72. The van der Waals surface area contributed by atoms with Crippen molar-refractivity contribution in [3.8, 4) is 5.75 Å². The number of piperidine rings is 1. The minimum atomic E-state index is 0.590. The van der Waals surface area contributed by atoms with E-state index in [9.17, 15) is 0 Å². The topological polar surface area (TPSA) is 34.4 Å². The Morgan fingerprint density at radius 1 is 1.33 bits per heavy atom. The number of benzene rings is 1. The smallest absolute Gasteiger partial charge is 0.176 e. The van der Waals surface area contributed by atoms with Crippen molar-refractivity contribution >= 4 is 11.0 Å². The molecule has 3 nitrogen and oxygen atoms in total. The first-order chi connectivity index (χ1) is 8.78. The van der Waals surface area contributed by atoms with Gasteiger partial charge in [0.05, 0.1) is 7.11 Å². The van der Waals surface area contributed by atoms with Gasteiger partial charge in [-0.2, -0.15) is 0 Å². The van der Waals surface area contributed by atoms with Gasteiger partial charge in [-0.05, 0) is 56.0 Å². The van der Waals surface area contributed by atoms with Crippen LogP contribution in [-0.2, 0) is 0 Å². The van der Waals surface area contributed by atoms with E-state index in [1.807, 2.05) is 6.92 Å². The summed E-state index contributed by atoms with van der Waals surface area (Å²) >= 11 is 0.